The summed E-state index contributed by atoms with van der Waals surface area (Å²) >= 11 is 0. The largest absolute Gasteiger partial charge is 0.497 e. The van der Waals surface area contributed by atoms with Gasteiger partial charge in [0.2, 0.25) is 0 Å². The molecule has 1 aromatic heterocycles. The van der Waals surface area contributed by atoms with E-state index in [2.05, 4.69) is 10.3 Å². The van der Waals surface area contributed by atoms with Crippen molar-refractivity contribution in [3.63, 3.8) is 0 Å². The first-order valence-corrected chi connectivity index (χ1v) is 12.4. The SMILES string of the molecule is COc1ccc(CNC(=O)c2nc(-c3ccc(F)c(F)c3)n(CCC3CCCC(=O)O3)c2C(C)C)cc1. The van der Waals surface area contributed by atoms with Crippen LogP contribution in [0.3, 0.4) is 0 Å². The number of hydrogen-bond donors (Lipinski definition) is 1. The molecule has 7 nitrogen and oxygen atoms in total. The van der Waals surface area contributed by atoms with Crippen LogP contribution < -0.4 is 10.1 Å². The van der Waals surface area contributed by atoms with Gasteiger partial charge in [-0.3, -0.25) is 9.59 Å². The zero-order chi connectivity index (χ0) is 26.5. The minimum absolute atomic E-state index is 0.0952. The molecular formula is C28H31F2N3O4. The van der Waals surface area contributed by atoms with Crippen molar-refractivity contribution in [1.29, 1.82) is 0 Å². The monoisotopic (exact) mass is 511 g/mol. The summed E-state index contributed by atoms with van der Waals surface area (Å²) in [5.41, 5.74) is 2.15. The third-order valence-corrected chi connectivity index (χ3v) is 6.44. The van der Waals surface area contributed by atoms with E-state index in [4.69, 9.17) is 9.47 Å². The van der Waals surface area contributed by atoms with Crippen LogP contribution in [0.5, 0.6) is 5.75 Å². The van der Waals surface area contributed by atoms with Crippen LogP contribution in [0.1, 0.15) is 67.2 Å². The molecule has 1 atom stereocenters. The Balaban J connectivity index is 1.66. The highest BCUT2D eigenvalue weighted by Crippen LogP contribution is 2.30. The summed E-state index contributed by atoms with van der Waals surface area (Å²) in [5.74, 6) is -1.56. The minimum atomic E-state index is -0.995. The molecule has 0 saturated carbocycles. The summed E-state index contributed by atoms with van der Waals surface area (Å²) in [6.07, 6.45) is 2.21. The van der Waals surface area contributed by atoms with Gasteiger partial charge in [0.25, 0.3) is 5.91 Å². The van der Waals surface area contributed by atoms with E-state index in [-0.39, 0.29) is 36.1 Å². The van der Waals surface area contributed by atoms with Crippen LogP contribution in [-0.2, 0) is 22.6 Å². The Morgan fingerprint density at radius 3 is 2.59 bits per heavy atom. The van der Waals surface area contributed by atoms with Gasteiger partial charge >= 0.3 is 5.97 Å². The number of rotatable bonds is 9. The Morgan fingerprint density at radius 1 is 1.19 bits per heavy atom. The molecule has 9 heteroatoms. The molecule has 1 N–H and O–H groups in total. The highest BCUT2D eigenvalue weighted by Gasteiger charge is 2.27. The molecule has 1 saturated heterocycles. The fourth-order valence-corrected chi connectivity index (χ4v) is 4.56. The summed E-state index contributed by atoms with van der Waals surface area (Å²) in [4.78, 5) is 29.7. The van der Waals surface area contributed by atoms with Crippen molar-refractivity contribution in [3.8, 4) is 17.1 Å². The van der Waals surface area contributed by atoms with Gasteiger partial charge in [-0.05, 0) is 54.7 Å². The van der Waals surface area contributed by atoms with Gasteiger partial charge in [0.05, 0.1) is 12.8 Å². The van der Waals surface area contributed by atoms with Gasteiger partial charge in [-0.25, -0.2) is 13.8 Å². The summed E-state index contributed by atoms with van der Waals surface area (Å²) in [6, 6.07) is 10.9. The number of carbonyl (C=O) groups is 2. The molecule has 37 heavy (non-hydrogen) atoms. The molecule has 1 fully saturated rings. The molecule has 196 valence electrons. The molecule has 0 aliphatic carbocycles. The smallest absolute Gasteiger partial charge is 0.306 e. The van der Waals surface area contributed by atoms with Gasteiger partial charge in [0.15, 0.2) is 11.6 Å². The predicted molar refractivity (Wildman–Crippen MR) is 134 cm³/mol. The van der Waals surface area contributed by atoms with E-state index in [9.17, 15) is 18.4 Å². The van der Waals surface area contributed by atoms with Crippen LogP contribution in [0.15, 0.2) is 42.5 Å². The second kappa shape index (κ2) is 11.5. The van der Waals surface area contributed by atoms with Crippen LogP contribution in [0.4, 0.5) is 8.78 Å². The Kier molecular flexibility index (Phi) is 8.21. The fraction of sp³-hybridized carbons (Fsp3) is 0.393. The van der Waals surface area contributed by atoms with Crippen molar-refractivity contribution >= 4 is 11.9 Å². The van der Waals surface area contributed by atoms with Crippen LogP contribution in [0.2, 0.25) is 0 Å². The number of ether oxygens (including phenoxy) is 2. The Morgan fingerprint density at radius 2 is 1.95 bits per heavy atom. The zero-order valence-electron chi connectivity index (χ0n) is 21.2. The van der Waals surface area contributed by atoms with Crippen molar-refractivity contribution in [3.05, 3.63) is 71.1 Å². The number of hydrogen-bond acceptors (Lipinski definition) is 5. The number of methoxy groups -OCH3 is 1. The lowest BCUT2D eigenvalue weighted by molar-refractivity contribution is -0.154. The number of nitrogens with one attached hydrogen (secondary N) is 1. The van der Waals surface area contributed by atoms with E-state index in [1.165, 1.54) is 6.07 Å². The van der Waals surface area contributed by atoms with Gasteiger partial charge in [-0.2, -0.15) is 0 Å². The van der Waals surface area contributed by atoms with E-state index in [0.717, 1.165) is 36.3 Å². The molecular weight excluding hydrogens is 480 g/mol. The summed E-state index contributed by atoms with van der Waals surface area (Å²) < 4.78 is 40.3. The van der Waals surface area contributed by atoms with Gasteiger partial charge in [0, 0.05) is 31.5 Å². The average Bonchev–Trinajstić information content (AvgIpc) is 3.28. The number of aromatic nitrogens is 2. The molecule has 1 amide bonds. The van der Waals surface area contributed by atoms with Crippen LogP contribution in [0, 0.1) is 11.6 Å². The predicted octanol–water partition coefficient (Wildman–Crippen LogP) is 5.38. The molecule has 2 heterocycles. The Labute approximate surface area is 214 Å². The van der Waals surface area contributed by atoms with Crippen molar-refractivity contribution in [2.24, 2.45) is 0 Å². The number of amides is 1. The number of carbonyl (C=O) groups excluding carboxylic acids is 2. The maximum atomic E-state index is 14.1. The van der Waals surface area contributed by atoms with Crippen molar-refractivity contribution < 1.29 is 27.8 Å². The van der Waals surface area contributed by atoms with Gasteiger partial charge in [0.1, 0.15) is 23.4 Å². The van der Waals surface area contributed by atoms with Crippen LogP contribution >= 0.6 is 0 Å². The lowest BCUT2D eigenvalue weighted by atomic mass is 10.0. The number of cyclic esters (lactones) is 1. The first kappa shape index (κ1) is 26.3. The highest BCUT2D eigenvalue weighted by atomic mass is 19.2. The standard InChI is InChI=1S/C28H31F2N3O4/c1-17(2)26-25(28(35)31-16-18-7-10-20(36-3)11-8-18)32-27(19-9-12-22(29)23(30)15-19)33(26)14-13-21-5-4-6-24(34)37-21/h7-12,15,17,21H,4-6,13-14,16H2,1-3H3,(H,31,35). The third-order valence-electron chi connectivity index (χ3n) is 6.44. The van der Waals surface area contributed by atoms with Gasteiger partial charge in [-0.15, -0.1) is 0 Å². The minimum Gasteiger partial charge on any atom is -0.497 e. The van der Waals surface area contributed by atoms with E-state index < -0.39 is 11.6 Å². The molecule has 0 bridgehead atoms. The number of nitrogens with zero attached hydrogens (tertiary/aromatic N) is 2. The lowest BCUT2D eigenvalue weighted by Gasteiger charge is -2.23. The summed E-state index contributed by atoms with van der Waals surface area (Å²) in [7, 11) is 1.59. The van der Waals surface area contributed by atoms with Crippen LogP contribution in [0.25, 0.3) is 11.4 Å². The number of benzene rings is 2. The quantitative estimate of drug-likeness (QED) is 0.390. The molecule has 0 radical (unpaired) electrons. The number of halogens is 2. The van der Waals surface area contributed by atoms with E-state index in [1.54, 1.807) is 7.11 Å². The van der Waals surface area contributed by atoms with Crippen molar-refractivity contribution in [2.45, 2.75) is 64.6 Å². The highest BCUT2D eigenvalue weighted by molar-refractivity contribution is 5.94. The van der Waals surface area contributed by atoms with E-state index in [0.29, 0.717) is 36.5 Å². The molecule has 1 unspecified atom stereocenters. The first-order chi connectivity index (χ1) is 17.8. The number of imidazole rings is 1. The maximum absolute atomic E-state index is 14.1. The number of esters is 1. The second-order valence-electron chi connectivity index (χ2n) is 9.43. The topological polar surface area (TPSA) is 82.5 Å². The van der Waals surface area contributed by atoms with Crippen molar-refractivity contribution in [1.82, 2.24) is 14.9 Å². The molecule has 3 aromatic rings. The second-order valence-corrected chi connectivity index (χ2v) is 9.43. The average molecular weight is 512 g/mol. The van der Waals surface area contributed by atoms with E-state index in [1.807, 2.05) is 42.7 Å². The van der Waals surface area contributed by atoms with Gasteiger partial charge < -0.3 is 19.4 Å². The molecule has 0 spiro atoms. The molecule has 1 aliphatic rings. The normalized spacial score (nSPS) is 15.5. The summed E-state index contributed by atoms with van der Waals surface area (Å²) in [5, 5.41) is 2.91. The fourth-order valence-electron chi connectivity index (χ4n) is 4.56. The zero-order valence-corrected chi connectivity index (χ0v) is 21.2. The Bertz CT molecular complexity index is 1270. The van der Waals surface area contributed by atoms with Crippen molar-refractivity contribution in [2.75, 3.05) is 7.11 Å². The van der Waals surface area contributed by atoms with Gasteiger partial charge in [-0.1, -0.05) is 26.0 Å². The van der Waals surface area contributed by atoms with Crippen LogP contribution in [-0.4, -0.2) is 34.6 Å². The Hall–Kier alpha value is -3.75. The summed E-state index contributed by atoms with van der Waals surface area (Å²) in [6.45, 7) is 4.58. The first-order valence-electron chi connectivity index (χ1n) is 12.4. The third kappa shape index (κ3) is 6.15. The maximum Gasteiger partial charge on any atom is 0.306 e. The lowest BCUT2D eigenvalue weighted by Crippen LogP contribution is -2.26. The molecule has 1 aliphatic heterocycles. The van der Waals surface area contributed by atoms with E-state index >= 15 is 0 Å². The molecule has 2 aromatic carbocycles. The molecule has 4 rings (SSSR count).